The van der Waals surface area contributed by atoms with Crippen molar-refractivity contribution in [2.24, 2.45) is 0 Å². The van der Waals surface area contributed by atoms with Crippen LogP contribution in [0.3, 0.4) is 0 Å². The van der Waals surface area contributed by atoms with E-state index in [0.717, 1.165) is 12.0 Å². The average Bonchev–Trinajstić information content (AvgIpc) is 2.89. The largest absolute Gasteiger partial charge is 0.259 e. The lowest BCUT2D eigenvalue weighted by Crippen LogP contribution is -2.10. The van der Waals surface area contributed by atoms with Gasteiger partial charge in [0.1, 0.15) is 0 Å². The lowest BCUT2D eigenvalue weighted by atomic mass is 10.0. The van der Waals surface area contributed by atoms with Gasteiger partial charge in [0.05, 0.1) is 20.6 Å². The maximum absolute atomic E-state index is 12.3. The van der Waals surface area contributed by atoms with Crippen LogP contribution in [0.1, 0.15) is 37.7 Å². The first-order valence-electron chi connectivity index (χ1n) is 6.39. The summed E-state index contributed by atoms with van der Waals surface area (Å²) in [6, 6.07) is 9.84. The molecule has 2 atom stereocenters. The Kier molecular flexibility index (Phi) is 4.47. The summed E-state index contributed by atoms with van der Waals surface area (Å²) in [5, 5.41) is 10.9. The Morgan fingerprint density at radius 2 is 2.00 bits per heavy atom. The highest BCUT2D eigenvalue weighted by Gasteiger charge is 2.29. The van der Waals surface area contributed by atoms with Crippen LogP contribution in [0.25, 0.3) is 0 Å². The molecule has 0 aromatic heterocycles. The van der Waals surface area contributed by atoms with Crippen LogP contribution in [0.2, 0.25) is 0 Å². The summed E-state index contributed by atoms with van der Waals surface area (Å²) in [6.45, 7) is 2.01. The highest BCUT2D eigenvalue weighted by Crippen LogP contribution is 2.30. The highest BCUT2D eigenvalue weighted by atomic mass is 32.2. The molecule has 5 heteroatoms. The Morgan fingerprint density at radius 3 is 2.63 bits per heavy atom. The first kappa shape index (κ1) is 13.9. The van der Waals surface area contributed by atoms with Crippen molar-refractivity contribution < 1.29 is 9.13 Å². The van der Waals surface area contributed by atoms with Crippen molar-refractivity contribution in [3.63, 3.8) is 0 Å². The molecular formula is C14H17NO3S. The van der Waals surface area contributed by atoms with Gasteiger partial charge in [-0.15, -0.1) is 0 Å². The molecule has 0 unspecified atom stereocenters. The van der Waals surface area contributed by atoms with Crippen molar-refractivity contribution in [3.05, 3.63) is 56.6 Å². The molecule has 0 N–H and O–H groups in total. The maximum atomic E-state index is 12.3. The zero-order chi connectivity index (χ0) is 13.8. The van der Waals surface area contributed by atoms with Gasteiger partial charge in [-0.1, -0.05) is 37.3 Å². The zero-order valence-electron chi connectivity index (χ0n) is 10.9. The second kappa shape index (κ2) is 6.10. The van der Waals surface area contributed by atoms with Gasteiger partial charge in [-0.25, -0.2) is 0 Å². The lowest BCUT2D eigenvalue weighted by Gasteiger charge is -2.11. The Bertz CT molecular complexity index is 525. The van der Waals surface area contributed by atoms with Crippen LogP contribution in [0, 0.1) is 10.1 Å². The molecule has 0 spiro atoms. The SMILES string of the molecule is C[C@H](C[S@](=O)C1=C([N+](=O)[O-])CCC1)c1ccccc1. The van der Waals surface area contributed by atoms with Gasteiger partial charge in [0.15, 0.2) is 0 Å². The minimum Gasteiger partial charge on any atom is -0.259 e. The first-order chi connectivity index (χ1) is 9.09. The smallest absolute Gasteiger partial charge is 0.258 e. The summed E-state index contributed by atoms with van der Waals surface area (Å²) < 4.78 is 12.3. The zero-order valence-corrected chi connectivity index (χ0v) is 11.7. The highest BCUT2D eigenvalue weighted by molar-refractivity contribution is 7.89. The quantitative estimate of drug-likeness (QED) is 0.614. The van der Waals surface area contributed by atoms with E-state index < -0.39 is 10.8 Å². The number of rotatable bonds is 5. The molecule has 0 heterocycles. The van der Waals surface area contributed by atoms with E-state index in [2.05, 4.69) is 0 Å². The monoisotopic (exact) mass is 279 g/mol. The summed E-state index contributed by atoms with van der Waals surface area (Å²) in [5.41, 5.74) is 1.30. The second-order valence-corrected chi connectivity index (χ2v) is 6.32. The molecule has 0 saturated heterocycles. The van der Waals surface area contributed by atoms with E-state index in [1.807, 2.05) is 37.3 Å². The summed E-state index contributed by atoms with van der Waals surface area (Å²) in [7, 11) is -1.24. The van der Waals surface area contributed by atoms with Crippen molar-refractivity contribution in [2.45, 2.75) is 32.1 Å². The number of hydrogen-bond acceptors (Lipinski definition) is 3. The molecule has 0 fully saturated rings. The van der Waals surface area contributed by atoms with E-state index in [1.54, 1.807) is 0 Å². The molecule has 1 aromatic carbocycles. The summed E-state index contributed by atoms with van der Waals surface area (Å²) in [6.07, 6.45) is 1.80. The van der Waals surface area contributed by atoms with Gasteiger partial charge in [-0.05, 0) is 24.3 Å². The summed E-state index contributed by atoms with van der Waals surface area (Å²) in [4.78, 5) is 11.1. The first-order valence-corrected chi connectivity index (χ1v) is 7.71. The summed E-state index contributed by atoms with van der Waals surface area (Å²) in [5.74, 6) is 0.597. The van der Waals surface area contributed by atoms with Gasteiger partial charge < -0.3 is 0 Å². The van der Waals surface area contributed by atoms with Gasteiger partial charge in [-0.2, -0.15) is 0 Å². The molecule has 102 valence electrons. The van der Waals surface area contributed by atoms with Crippen LogP contribution in [0.5, 0.6) is 0 Å². The number of allylic oxidation sites excluding steroid dienone is 2. The molecular weight excluding hydrogens is 262 g/mol. The van der Waals surface area contributed by atoms with Crippen molar-refractivity contribution in [1.82, 2.24) is 0 Å². The van der Waals surface area contributed by atoms with E-state index in [4.69, 9.17) is 0 Å². The predicted octanol–water partition coefficient (Wildman–Crippen LogP) is 3.21. The van der Waals surface area contributed by atoms with E-state index in [1.165, 1.54) is 0 Å². The normalized spacial score (nSPS) is 18.4. The van der Waals surface area contributed by atoms with Crippen molar-refractivity contribution in [2.75, 3.05) is 5.75 Å². The van der Waals surface area contributed by atoms with Crippen LogP contribution in [-0.2, 0) is 10.8 Å². The molecule has 1 aliphatic rings. The van der Waals surface area contributed by atoms with Crippen molar-refractivity contribution >= 4 is 10.8 Å². The Morgan fingerprint density at radius 1 is 1.32 bits per heavy atom. The molecule has 1 aromatic rings. The average molecular weight is 279 g/mol. The minimum atomic E-state index is -1.24. The standard InChI is InChI=1S/C14H17NO3S/c1-11(12-6-3-2-4-7-12)10-19(18)14-9-5-8-13(14)15(16)17/h2-4,6-7,11H,5,8-10H2,1H3/t11-,19+/m1/s1. The topological polar surface area (TPSA) is 60.2 Å². The maximum Gasteiger partial charge on any atom is 0.258 e. The fraction of sp³-hybridized carbons (Fsp3) is 0.429. The number of nitrogens with zero attached hydrogens (tertiary/aromatic N) is 1. The third-order valence-electron chi connectivity index (χ3n) is 3.40. The van der Waals surface area contributed by atoms with E-state index in [-0.39, 0.29) is 16.5 Å². The third-order valence-corrected chi connectivity index (χ3v) is 5.20. The van der Waals surface area contributed by atoms with Crippen LogP contribution in [-0.4, -0.2) is 14.9 Å². The molecule has 0 radical (unpaired) electrons. The number of hydrogen-bond donors (Lipinski definition) is 0. The lowest BCUT2D eigenvalue weighted by molar-refractivity contribution is -0.427. The van der Waals surface area contributed by atoms with Crippen LogP contribution < -0.4 is 0 Å². The van der Waals surface area contributed by atoms with E-state index in [9.17, 15) is 14.3 Å². The van der Waals surface area contributed by atoms with Crippen molar-refractivity contribution in [3.8, 4) is 0 Å². The van der Waals surface area contributed by atoms with Crippen molar-refractivity contribution in [1.29, 1.82) is 0 Å². The van der Waals surface area contributed by atoms with Gasteiger partial charge in [0.2, 0.25) is 0 Å². The summed E-state index contributed by atoms with van der Waals surface area (Å²) >= 11 is 0. The van der Waals surface area contributed by atoms with E-state index >= 15 is 0 Å². The van der Waals surface area contributed by atoms with Gasteiger partial charge in [-0.3, -0.25) is 14.3 Å². The van der Waals surface area contributed by atoms with Gasteiger partial charge in [0, 0.05) is 12.2 Å². The molecule has 0 aliphatic heterocycles. The molecule has 1 aliphatic carbocycles. The van der Waals surface area contributed by atoms with Gasteiger partial charge in [0.25, 0.3) is 5.70 Å². The van der Waals surface area contributed by atoms with Crippen LogP contribution in [0.4, 0.5) is 0 Å². The Hall–Kier alpha value is -1.49. The van der Waals surface area contributed by atoms with Gasteiger partial charge >= 0.3 is 0 Å². The van der Waals surface area contributed by atoms with E-state index in [0.29, 0.717) is 23.5 Å². The van der Waals surface area contributed by atoms with Crippen LogP contribution >= 0.6 is 0 Å². The minimum absolute atomic E-state index is 0.142. The fourth-order valence-corrected chi connectivity index (χ4v) is 4.00. The molecule has 19 heavy (non-hydrogen) atoms. The molecule has 0 saturated carbocycles. The fourth-order valence-electron chi connectivity index (χ4n) is 2.34. The Balaban J connectivity index is 2.10. The van der Waals surface area contributed by atoms with Crippen LogP contribution in [0.15, 0.2) is 40.9 Å². The number of benzene rings is 1. The molecule has 4 nitrogen and oxygen atoms in total. The third kappa shape index (κ3) is 3.29. The number of nitro groups is 1. The predicted molar refractivity (Wildman–Crippen MR) is 75.7 cm³/mol. The Labute approximate surface area is 115 Å². The molecule has 0 bridgehead atoms. The molecule has 0 amide bonds. The molecule has 2 rings (SSSR count). The second-order valence-electron chi connectivity index (χ2n) is 4.80.